The summed E-state index contributed by atoms with van der Waals surface area (Å²) in [7, 11) is 0. The molecule has 0 radical (unpaired) electrons. The van der Waals surface area contributed by atoms with E-state index in [1.165, 1.54) is 12.1 Å². The van der Waals surface area contributed by atoms with Gasteiger partial charge in [-0.1, -0.05) is 60.7 Å². The Morgan fingerprint density at radius 3 is 1.51 bits per heavy atom. The molecule has 0 saturated carbocycles. The summed E-state index contributed by atoms with van der Waals surface area (Å²) in [5.74, 6) is -1.40. The molecule has 0 unspecified atom stereocenters. The van der Waals surface area contributed by atoms with E-state index < -0.39 is 11.9 Å². The van der Waals surface area contributed by atoms with Crippen molar-refractivity contribution in [1.82, 2.24) is 4.90 Å². The van der Waals surface area contributed by atoms with Crippen molar-refractivity contribution < 1.29 is 83.7 Å². The summed E-state index contributed by atoms with van der Waals surface area (Å²) in [5.41, 5.74) is 2.27. The standard InChI is InChI=1S/C29H25NO5.2Na/c31-28(32)24-15-23(16-25(17-24)29(33)34)20-30(18-21-7-3-1-4-8-21)19-22-11-13-27(14-12-22)35-26-9-5-2-6-10-26;;/h1-17H,18-20H2,(H,31,32)(H,33,34);;/q;2*+1/p-2. The smallest absolute Gasteiger partial charge is 0.545 e. The van der Waals surface area contributed by atoms with Crippen LogP contribution in [0.15, 0.2) is 103 Å². The number of carboxylic acids is 2. The normalized spacial score (nSPS) is 10.2. The van der Waals surface area contributed by atoms with Crippen LogP contribution in [-0.4, -0.2) is 16.8 Å². The molecule has 0 aliphatic heterocycles. The zero-order valence-electron chi connectivity index (χ0n) is 20.9. The van der Waals surface area contributed by atoms with E-state index in [1.807, 2.05) is 84.9 Å². The molecule has 0 amide bonds. The molecular weight excluding hydrogens is 488 g/mol. The van der Waals surface area contributed by atoms with Crippen molar-refractivity contribution in [3.63, 3.8) is 0 Å². The molecule has 37 heavy (non-hydrogen) atoms. The van der Waals surface area contributed by atoms with Crippen LogP contribution >= 0.6 is 0 Å². The summed E-state index contributed by atoms with van der Waals surface area (Å²) in [6.45, 7) is 1.47. The van der Waals surface area contributed by atoms with Gasteiger partial charge in [-0.15, -0.1) is 0 Å². The summed E-state index contributed by atoms with van der Waals surface area (Å²) in [6.07, 6.45) is 0. The maximum atomic E-state index is 11.4. The first kappa shape index (κ1) is 30.8. The first-order chi connectivity index (χ1) is 17.0. The number of nitrogens with zero attached hydrogens (tertiary/aromatic N) is 1. The number of benzene rings is 4. The number of carboxylic acid groups (broad SMARTS) is 2. The van der Waals surface area contributed by atoms with Gasteiger partial charge in [0.25, 0.3) is 0 Å². The molecule has 4 rings (SSSR count). The molecule has 0 fully saturated rings. The number of carbonyl (C=O) groups excluding carboxylic acids is 2. The Bertz CT molecular complexity index is 1270. The molecule has 8 heteroatoms. The van der Waals surface area contributed by atoms with Crippen LogP contribution in [0.5, 0.6) is 11.5 Å². The monoisotopic (exact) mass is 511 g/mol. The van der Waals surface area contributed by atoms with Crippen LogP contribution in [0.2, 0.25) is 0 Å². The fourth-order valence-corrected chi connectivity index (χ4v) is 3.83. The van der Waals surface area contributed by atoms with Crippen molar-refractivity contribution in [3.8, 4) is 11.5 Å². The summed E-state index contributed by atoms with van der Waals surface area (Å²) in [5, 5.41) is 22.8. The molecule has 0 aliphatic carbocycles. The molecule has 0 saturated heterocycles. The van der Waals surface area contributed by atoms with E-state index in [-0.39, 0.29) is 70.2 Å². The zero-order chi connectivity index (χ0) is 24.6. The third kappa shape index (κ3) is 9.43. The van der Waals surface area contributed by atoms with Crippen LogP contribution in [0.4, 0.5) is 0 Å². The average molecular weight is 511 g/mol. The Kier molecular flexibility index (Phi) is 12.6. The number of hydrogen-bond acceptors (Lipinski definition) is 6. The number of aromatic carboxylic acids is 2. The third-order valence-electron chi connectivity index (χ3n) is 5.43. The van der Waals surface area contributed by atoms with Crippen molar-refractivity contribution >= 4 is 11.9 Å². The van der Waals surface area contributed by atoms with Crippen LogP contribution in [0, 0.1) is 0 Å². The quantitative estimate of drug-likeness (QED) is 0.217. The molecule has 0 N–H and O–H groups in total. The first-order valence-electron chi connectivity index (χ1n) is 11.1. The summed E-state index contributed by atoms with van der Waals surface area (Å²) in [4.78, 5) is 24.9. The molecular formula is C29H23NNa2O5. The Hall–Kier alpha value is -2.42. The summed E-state index contributed by atoms with van der Waals surface area (Å²) >= 11 is 0. The van der Waals surface area contributed by atoms with E-state index in [2.05, 4.69) is 4.90 Å². The maximum absolute atomic E-state index is 11.4. The van der Waals surface area contributed by atoms with Gasteiger partial charge in [0.05, 0.1) is 11.9 Å². The van der Waals surface area contributed by atoms with E-state index in [4.69, 9.17) is 4.74 Å². The van der Waals surface area contributed by atoms with Gasteiger partial charge in [-0.25, -0.2) is 0 Å². The molecule has 0 heterocycles. The van der Waals surface area contributed by atoms with E-state index in [1.54, 1.807) is 0 Å². The predicted octanol–water partition coefficient (Wildman–Crippen LogP) is -2.58. The molecule has 0 spiro atoms. The zero-order valence-corrected chi connectivity index (χ0v) is 24.9. The molecule has 176 valence electrons. The molecule has 0 atom stereocenters. The molecule has 6 nitrogen and oxygen atoms in total. The van der Waals surface area contributed by atoms with Crippen molar-refractivity contribution in [2.24, 2.45) is 0 Å². The number of carbonyl (C=O) groups is 2. The van der Waals surface area contributed by atoms with E-state index in [0.29, 0.717) is 25.2 Å². The van der Waals surface area contributed by atoms with Gasteiger partial charge in [0.15, 0.2) is 0 Å². The second-order valence-electron chi connectivity index (χ2n) is 8.18. The largest absolute Gasteiger partial charge is 1.00 e. The summed E-state index contributed by atoms with van der Waals surface area (Å²) in [6, 6.07) is 31.1. The van der Waals surface area contributed by atoms with Crippen molar-refractivity contribution in [2.75, 3.05) is 0 Å². The SMILES string of the molecule is O=C([O-])c1cc(CN(Cc2ccccc2)Cc2ccc(Oc3ccccc3)cc2)cc(C(=O)[O-])c1.[Na+].[Na+]. The molecule has 0 aromatic heterocycles. The minimum absolute atomic E-state index is 0. The number of rotatable bonds is 10. The Morgan fingerprint density at radius 2 is 1.00 bits per heavy atom. The van der Waals surface area contributed by atoms with Crippen LogP contribution in [0.25, 0.3) is 0 Å². The third-order valence-corrected chi connectivity index (χ3v) is 5.43. The van der Waals surface area contributed by atoms with Crippen LogP contribution in [0.1, 0.15) is 37.4 Å². The van der Waals surface area contributed by atoms with E-state index in [9.17, 15) is 19.8 Å². The van der Waals surface area contributed by atoms with Crippen LogP contribution < -0.4 is 74.1 Å². The van der Waals surface area contributed by atoms with Crippen molar-refractivity contribution in [1.29, 1.82) is 0 Å². The molecule has 4 aromatic rings. The topological polar surface area (TPSA) is 92.7 Å². The van der Waals surface area contributed by atoms with Gasteiger partial charge in [0, 0.05) is 19.6 Å². The van der Waals surface area contributed by atoms with Gasteiger partial charge < -0.3 is 24.5 Å². The summed E-state index contributed by atoms with van der Waals surface area (Å²) < 4.78 is 5.86. The second kappa shape index (κ2) is 15.1. The molecule has 0 bridgehead atoms. The number of hydrogen-bond donors (Lipinski definition) is 0. The molecule has 4 aromatic carbocycles. The van der Waals surface area contributed by atoms with Gasteiger partial charge in [0.2, 0.25) is 0 Å². The van der Waals surface area contributed by atoms with Gasteiger partial charge in [-0.3, -0.25) is 4.90 Å². The minimum atomic E-state index is -1.43. The van der Waals surface area contributed by atoms with Crippen LogP contribution in [-0.2, 0) is 19.6 Å². The average Bonchev–Trinajstić information content (AvgIpc) is 2.86. The first-order valence-corrected chi connectivity index (χ1v) is 11.1. The predicted molar refractivity (Wildman–Crippen MR) is 127 cm³/mol. The number of ether oxygens (including phenoxy) is 1. The van der Waals surface area contributed by atoms with E-state index >= 15 is 0 Å². The van der Waals surface area contributed by atoms with Gasteiger partial charge in [0.1, 0.15) is 11.5 Å². The van der Waals surface area contributed by atoms with Gasteiger partial charge >= 0.3 is 59.1 Å². The van der Waals surface area contributed by atoms with Crippen molar-refractivity contribution in [2.45, 2.75) is 19.6 Å². The fraction of sp³-hybridized carbons (Fsp3) is 0.103. The minimum Gasteiger partial charge on any atom is -0.545 e. The maximum Gasteiger partial charge on any atom is 1.00 e. The van der Waals surface area contributed by atoms with E-state index in [0.717, 1.165) is 28.7 Å². The Balaban J connectivity index is 0.00000241. The van der Waals surface area contributed by atoms with Crippen molar-refractivity contribution in [3.05, 3.63) is 131 Å². The number of para-hydroxylation sites is 1. The molecule has 0 aliphatic rings. The van der Waals surface area contributed by atoms with Crippen LogP contribution in [0.3, 0.4) is 0 Å². The fourth-order valence-electron chi connectivity index (χ4n) is 3.83. The van der Waals surface area contributed by atoms with Gasteiger partial charge in [-0.2, -0.15) is 0 Å². The Labute approximate surface area is 260 Å². The van der Waals surface area contributed by atoms with Gasteiger partial charge in [-0.05, 0) is 70.3 Å². The second-order valence-corrected chi connectivity index (χ2v) is 8.18. The Morgan fingerprint density at radius 1 is 0.568 bits per heavy atom.